The largest absolute Gasteiger partial charge is 0.480 e. The third-order valence-corrected chi connectivity index (χ3v) is 6.19. The zero-order valence-electron chi connectivity index (χ0n) is 16.4. The van der Waals surface area contributed by atoms with Crippen molar-refractivity contribution in [3.8, 4) is 0 Å². The first-order chi connectivity index (χ1) is 12.9. The van der Waals surface area contributed by atoms with Crippen LogP contribution in [0.5, 0.6) is 0 Å². The van der Waals surface area contributed by atoms with E-state index >= 15 is 0 Å². The van der Waals surface area contributed by atoms with E-state index in [1.165, 1.54) is 21.6 Å². The molecule has 0 unspecified atom stereocenters. The molecule has 0 aromatic carbocycles. The fourth-order valence-corrected chi connectivity index (χ4v) is 4.19. The normalized spacial score (nSPS) is 15.6. The van der Waals surface area contributed by atoms with Crippen molar-refractivity contribution in [1.29, 1.82) is 0 Å². The van der Waals surface area contributed by atoms with Crippen LogP contribution < -0.4 is 22.1 Å². The number of hydrogen-bond donors (Lipinski definition) is 6. The van der Waals surface area contributed by atoms with Gasteiger partial charge in [0, 0.05) is 11.5 Å². The van der Waals surface area contributed by atoms with Crippen LogP contribution >= 0.6 is 21.6 Å². The number of rotatable bonds is 13. The first-order valence-electron chi connectivity index (χ1n) is 8.70. The minimum absolute atomic E-state index is 0.193. The van der Waals surface area contributed by atoms with Gasteiger partial charge in [-0.15, -0.1) is 0 Å². The molecule has 0 aliphatic carbocycles. The van der Waals surface area contributed by atoms with Crippen LogP contribution in [-0.4, -0.2) is 69.6 Å². The number of hydrogen-bond acceptors (Lipinski definition) is 8. The van der Waals surface area contributed by atoms with Gasteiger partial charge >= 0.3 is 11.9 Å². The van der Waals surface area contributed by atoms with Crippen molar-refractivity contribution in [1.82, 2.24) is 10.6 Å². The van der Waals surface area contributed by atoms with E-state index in [1.54, 1.807) is 27.7 Å². The zero-order chi connectivity index (χ0) is 22.0. The number of nitrogens with one attached hydrogen (secondary N) is 2. The summed E-state index contributed by atoms with van der Waals surface area (Å²) in [7, 11) is 2.44. The number of aliphatic carboxylic acids is 2. The van der Waals surface area contributed by atoms with E-state index in [0.717, 1.165) is 0 Å². The van der Waals surface area contributed by atoms with Gasteiger partial charge in [-0.05, 0) is 11.8 Å². The van der Waals surface area contributed by atoms with Crippen molar-refractivity contribution in [3.05, 3.63) is 0 Å². The standard InChI is InChI=1S/C16H30N4O6S2/c1-7(2)11(15(23)24)19-13(21)9(17)5-27-28-6-10(18)14(22)20-12(8(3)4)16(25)26/h7-12H,5-6,17-18H2,1-4H3,(H,19,21)(H,20,22)(H,23,24)(H,25,26)/t9-,10+,11-,12-/m0/s1. The summed E-state index contributed by atoms with van der Waals surface area (Å²) in [4.78, 5) is 46.2. The number of carbonyl (C=O) groups excluding carboxylic acids is 2. The Bertz CT molecular complexity index is 513. The Morgan fingerprint density at radius 1 is 0.750 bits per heavy atom. The van der Waals surface area contributed by atoms with E-state index in [1.807, 2.05) is 0 Å². The minimum Gasteiger partial charge on any atom is -0.480 e. The van der Waals surface area contributed by atoms with Gasteiger partial charge in [-0.1, -0.05) is 49.3 Å². The first-order valence-corrected chi connectivity index (χ1v) is 11.2. The lowest BCUT2D eigenvalue weighted by Crippen LogP contribution is -2.51. The van der Waals surface area contributed by atoms with E-state index in [0.29, 0.717) is 0 Å². The van der Waals surface area contributed by atoms with Crippen molar-refractivity contribution < 1.29 is 29.4 Å². The molecule has 0 heterocycles. The van der Waals surface area contributed by atoms with E-state index < -0.39 is 47.9 Å². The van der Waals surface area contributed by atoms with Gasteiger partial charge in [0.15, 0.2) is 0 Å². The maximum absolute atomic E-state index is 12.0. The predicted molar refractivity (Wildman–Crippen MR) is 110 cm³/mol. The topological polar surface area (TPSA) is 185 Å². The molecule has 0 radical (unpaired) electrons. The van der Waals surface area contributed by atoms with Crippen molar-refractivity contribution in [2.75, 3.05) is 11.5 Å². The fourth-order valence-electron chi connectivity index (χ4n) is 1.94. The summed E-state index contributed by atoms with van der Waals surface area (Å²) in [6.07, 6.45) is 0. The maximum atomic E-state index is 12.0. The molecular weight excluding hydrogens is 408 g/mol. The van der Waals surface area contributed by atoms with E-state index in [9.17, 15) is 19.2 Å². The predicted octanol–water partition coefficient (Wildman–Crippen LogP) is -0.527. The highest BCUT2D eigenvalue weighted by Gasteiger charge is 2.27. The molecule has 8 N–H and O–H groups in total. The van der Waals surface area contributed by atoms with Crippen LogP contribution in [0.15, 0.2) is 0 Å². The Kier molecular flexibility index (Phi) is 12.2. The lowest BCUT2D eigenvalue weighted by atomic mass is 10.0. The van der Waals surface area contributed by atoms with Crippen LogP contribution in [0.1, 0.15) is 27.7 Å². The van der Waals surface area contributed by atoms with Crippen LogP contribution in [0.3, 0.4) is 0 Å². The van der Waals surface area contributed by atoms with Crippen molar-refractivity contribution in [2.24, 2.45) is 23.3 Å². The summed E-state index contributed by atoms with van der Waals surface area (Å²) >= 11 is 0. The summed E-state index contributed by atoms with van der Waals surface area (Å²) in [6.45, 7) is 6.71. The van der Waals surface area contributed by atoms with Gasteiger partial charge in [-0.25, -0.2) is 9.59 Å². The van der Waals surface area contributed by atoms with Crippen LogP contribution in [0.4, 0.5) is 0 Å². The third kappa shape index (κ3) is 9.62. The number of nitrogens with two attached hydrogens (primary N) is 2. The smallest absolute Gasteiger partial charge is 0.326 e. The van der Waals surface area contributed by atoms with Crippen molar-refractivity contribution >= 4 is 45.3 Å². The summed E-state index contributed by atoms with van der Waals surface area (Å²) in [5.41, 5.74) is 11.5. The molecule has 10 nitrogen and oxygen atoms in total. The molecule has 0 saturated heterocycles. The zero-order valence-corrected chi connectivity index (χ0v) is 18.0. The van der Waals surface area contributed by atoms with Crippen LogP contribution in [-0.2, 0) is 19.2 Å². The number of amides is 2. The monoisotopic (exact) mass is 438 g/mol. The van der Waals surface area contributed by atoms with Gasteiger partial charge in [0.2, 0.25) is 11.8 Å². The van der Waals surface area contributed by atoms with Gasteiger partial charge in [-0.2, -0.15) is 0 Å². The molecule has 0 fully saturated rings. The van der Waals surface area contributed by atoms with Gasteiger partial charge in [-0.3, -0.25) is 9.59 Å². The van der Waals surface area contributed by atoms with E-state index in [2.05, 4.69) is 10.6 Å². The van der Waals surface area contributed by atoms with Gasteiger partial charge in [0.05, 0.1) is 12.1 Å². The van der Waals surface area contributed by atoms with Crippen LogP contribution in [0.2, 0.25) is 0 Å². The average Bonchev–Trinajstić information content (AvgIpc) is 2.58. The summed E-state index contributed by atoms with van der Waals surface area (Å²) in [6, 6.07) is -3.87. The summed E-state index contributed by atoms with van der Waals surface area (Å²) in [5.74, 6) is -3.58. The molecule has 0 saturated carbocycles. The number of carbonyl (C=O) groups is 4. The Balaban J connectivity index is 4.32. The Labute approximate surface area is 172 Å². The molecule has 0 spiro atoms. The summed E-state index contributed by atoms with van der Waals surface area (Å²) < 4.78 is 0. The van der Waals surface area contributed by atoms with Gasteiger partial charge in [0.25, 0.3) is 0 Å². The highest BCUT2D eigenvalue weighted by Crippen LogP contribution is 2.22. The molecule has 0 rings (SSSR count). The van der Waals surface area contributed by atoms with Crippen LogP contribution in [0, 0.1) is 11.8 Å². The average molecular weight is 439 g/mol. The van der Waals surface area contributed by atoms with Crippen LogP contribution in [0.25, 0.3) is 0 Å². The Hall–Kier alpha value is -1.50. The van der Waals surface area contributed by atoms with Gasteiger partial charge in [0.1, 0.15) is 12.1 Å². The van der Waals surface area contributed by atoms with Gasteiger partial charge < -0.3 is 32.3 Å². The van der Waals surface area contributed by atoms with E-state index in [-0.39, 0.29) is 23.3 Å². The highest BCUT2D eigenvalue weighted by atomic mass is 33.1. The molecule has 28 heavy (non-hydrogen) atoms. The number of carboxylic acids is 2. The fraction of sp³-hybridized carbons (Fsp3) is 0.750. The second-order valence-electron chi connectivity index (χ2n) is 6.92. The quantitative estimate of drug-likeness (QED) is 0.161. The molecule has 0 aromatic heterocycles. The van der Waals surface area contributed by atoms with Crippen molar-refractivity contribution in [3.63, 3.8) is 0 Å². The molecule has 0 aliphatic rings. The molecule has 0 aromatic rings. The van der Waals surface area contributed by atoms with Crippen molar-refractivity contribution in [2.45, 2.75) is 51.9 Å². The molecule has 0 aliphatic heterocycles. The number of carboxylic acid groups (broad SMARTS) is 2. The molecule has 4 atom stereocenters. The first kappa shape index (κ1) is 26.5. The second-order valence-corrected chi connectivity index (χ2v) is 9.47. The molecule has 162 valence electrons. The minimum atomic E-state index is -1.13. The van der Waals surface area contributed by atoms with E-state index in [4.69, 9.17) is 21.7 Å². The molecule has 2 amide bonds. The SMILES string of the molecule is CC(C)[C@H](NC(=O)[C@H](N)CSSC[C@H](N)C(=O)N[C@H](C(=O)O)C(C)C)C(=O)O. The Morgan fingerprint density at radius 3 is 1.25 bits per heavy atom. The lowest BCUT2D eigenvalue weighted by Gasteiger charge is -2.21. The summed E-state index contributed by atoms with van der Waals surface area (Å²) in [5, 5.41) is 22.9. The Morgan fingerprint density at radius 2 is 1.04 bits per heavy atom. The lowest BCUT2D eigenvalue weighted by molar-refractivity contribution is -0.143. The molecule has 0 bridgehead atoms. The third-order valence-electron chi connectivity index (χ3n) is 3.71. The second kappa shape index (κ2) is 12.9. The maximum Gasteiger partial charge on any atom is 0.326 e. The molecular formula is C16H30N4O6S2. The highest BCUT2D eigenvalue weighted by molar-refractivity contribution is 8.76. The molecule has 12 heteroatoms.